The molecular weight excluding hydrogens is 278 g/mol. The van der Waals surface area contributed by atoms with Crippen LogP contribution in [0.5, 0.6) is 0 Å². The zero-order chi connectivity index (χ0) is 15.3. The Labute approximate surface area is 124 Å². The van der Waals surface area contributed by atoms with Gasteiger partial charge in [-0.3, -0.25) is 9.59 Å². The van der Waals surface area contributed by atoms with E-state index < -0.39 is 11.5 Å². The molecule has 4 nitrogen and oxygen atoms in total. The number of nitrogens with zero attached hydrogens (tertiary/aromatic N) is 1. The maximum Gasteiger partial charge on any atom is 0.305 e. The summed E-state index contributed by atoms with van der Waals surface area (Å²) in [6.07, 6.45) is 0.192. The van der Waals surface area contributed by atoms with Gasteiger partial charge in [0.2, 0.25) is 5.91 Å². The number of halogens is 1. The number of rotatable bonds is 5. The van der Waals surface area contributed by atoms with Crippen molar-refractivity contribution in [1.29, 1.82) is 0 Å². The minimum atomic E-state index is -0.904. The van der Waals surface area contributed by atoms with E-state index in [1.807, 2.05) is 20.8 Å². The highest BCUT2D eigenvalue weighted by Gasteiger charge is 2.26. The summed E-state index contributed by atoms with van der Waals surface area (Å²) in [7, 11) is 0. The number of aliphatic carboxylic acids is 1. The first-order valence-electron chi connectivity index (χ1n) is 6.47. The van der Waals surface area contributed by atoms with Crippen LogP contribution in [0.15, 0.2) is 24.3 Å². The first-order valence-corrected chi connectivity index (χ1v) is 6.84. The molecule has 0 unspecified atom stereocenters. The minimum Gasteiger partial charge on any atom is -0.481 e. The van der Waals surface area contributed by atoms with E-state index in [1.54, 1.807) is 29.2 Å². The lowest BCUT2D eigenvalue weighted by molar-refractivity contribution is -0.140. The van der Waals surface area contributed by atoms with E-state index >= 15 is 0 Å². The predicted molar refractivity (Wildman–Crippen MR) is 78.9 cm³/mol. The Morgan fingerprint density at radius 1 is 1.20 bits per heavy atom. The number of carbonyl (C=O) groups is 2. The van der Waals surface area contributed by atoms with Crippen molar-refractivity contribution < 1.29 is 14.7 Å². The van der Waals surface area contributed by atoms with Crippen LogP contribution in [0.4, 0.5) is 0 Å². The van der Waals surface area contributed by atoms with Gasteiger partial charge >= 0.3 is 5.97 Å². The summed E-state index contributed by atoms with van der Waals surface area (Å²) in [5.41, 5.74) is 0.461. The Morgan fingerprint density at radius 3 is 2.20 bits per heavy atom. The molecule has 1 N–H and O–H groups in total. The monoisotopic (exact) mass is 297 g/mol. The molecule has 1 rings (SSSR count). The second kappa shape index (κ2) is 6.75. The Bertz CT molecular complexity index is 477. The van der Waals surface area contributed by atoms with Crippen LogP contribution >= 0.6 is 11.6 Å². The van der Waals surface area contributed by atoms with Gasteiger partial charge in [0.05, 0.1) is 12.8 Å². The third-order valence-corrected chi connectivity index (χ3v) is 3.18. The van der Waals surface area contributed by atoms with E-state index in [-0.39, 0.29) is 25.3 Å². The molecular formula is C15H20ClNO3. The summed E-state index contributed by atoms with van der Waals surface area (Å²) < 4.78 is 0. The highest BCUT2D eigenvalue weighted by molar-refractivity contribution is 6.30. The molecule has 0 saturated carbocycles. The van der Waals surface area contributed by atoms with Crippen molar-refractivity contribution in [2.45, 2.75) is 39.2 Å². The normalized spacial score (nSPS) is 11.2. The van der Waals surface area contributed by atoms with Gasteiger partial charge in [0.1, 0.15) is 0 Å². The number of hydrogen-bond acceptors (Lipinski definition) is 2. The fraction of sp³-hybridized carbons (Fsp3) is 0.467. The van der Waals surface area contributed by atoms with Gasteiger partial charge in [-0.15, -0.1) is 0 Å². The molecule has 0 aromatic heterocycles. The number of carboxylic acids is 1. The second-order valence-electron chi connectivity index (χ2n) is 5.66. The van der Waals surface area contributed by atoms with E-state index in [9.17, 15) is 9.59 Å². The molecule has 20 heavy (non-hydrogen) atoms. The molecule has 1 aromatic carbocycles. The second-order valence-corrected chi connectivity index (χ2v) is 6.10. The Kier molecular flexibility index (Phi) is 5.57. The van der Waals surface area contributed by atoms with Crippen LogP contribution in [0.2, 0.25) is 5.02 Å². The smallest absolute Gasteiger partial charge is 0.305 e. The molecule has 5 heteroatoms. The van der Waals surface area contributed by atoms with Gasteiger partial charge in [-0.05, 0) is 38.5 Å². The lowest BCUT2D eigenvalue weighted by Gasteiger charge is -2.35. The average Bonchev–Trinajstić information content (AvgIpc) is 2.30. The summed E-state index contributed by atoms with van der Waals surface area (Å²) in [5, 5.41) is 9.40. The molecule has 0 radical (unpaired) electrons. The summed E-state index contributed by atoms with van der Waals surface area (Å²) >= 11 is 5.81. The highest BCUT2D eigenvalue weighted by Crippen LogP contribution is 2.17. The molecule has 0 saturated heterocycles. The maximum atomic E-state index is 12.4. The molecule has 1 aromatic rings. The van der Waals surface area contributed by atoms with Gasteiger partial charge in [0, 0.05) is 17.1 Å². The predicted octanol–water partition coefficient (Wildman–Crippen LogP) is 2.98. The molecule has 0 aliphatic carbocycles. The summed E-state index contributed by atoms with van der Waals surface area (Å²) in [5.74, 6) is -0.986. The number of amides is 1. The van der Waals surface area contributed by atoms with E-state index in [0.717, 1.165) is 5.56 Å². The zero-order valence-electron chi connectivity index (χ0n) is 12.0. The van der Waals surface area contributed by atoms with Crippen LogP contribution in [0.25, 0.3) is 0 Å². The molecule has 0 heterocycles. The third-order valence-electron chi connectivity index (χ3n) is 2.93. The molecule has 0 fully saturated rings. The highest BCUT2D eigenvalue weighted by atomic mass is 35.5. The van der Waals surface area contributed by atoms with Crippen LogP contribution in [-0.4, -0.2) is 34.0 Å². The Morgan fingerprint density at radius 2 is 1.75 bits per heavy atom. The fourth-order valence-corrected chi connectivity index (χ4v) is 2.04. The number of carbonyl (C=O) groups excluding carboxylic acids is 1. The molecule has 0 spiro atoms. The van der Waals surface area contributed by atoms with Gasteiger partial charge < -0.3 is 10.0 Å². The van der Waals surface area contributed by atoms with Crippen molar-refractivity contribution in [1.82, 2.24) is 4.90 Å². The van der Waals surface area contributed by atoms with Gasteiger partial charge in [0.15, 0.2) is 0 Å². The molecule has 0 aliphatic rings. The first-order chi connectivity index (χ1) is 9.20. The first kappa shape index (κ1) is 16.5. The zero-order valence-corrected chi connectivity index (χ0v) is 12.8. The average molecular weight is 298 g/mol. The Hall–Kier alpha value is -1.55. The van der Waals surface area contributed by atoms with Crippen molar-refractivity contribution in [2.24, 2.45) is 0 Å². The van der Waals surface area contributed by atoms with Crippen molar-refractivity contribution in [3.05, 3.63) is 34.9 Å². The maximum absolute atomic E-state index is 12.4. The molecule has 0 aliphatic heterocycles. The summed E-state index contributed by atoms with van der Waals surface area (Å²) in [6, 6.07) is 7.09. The third kappa shape index (κ3) is 5.21. The minimum absolute atomic E-state index is 0.0520. The van der Waals surface area contributed by atoms with Gasteiger partial charge in [-0.25, -0.2) is 0 Å². The lowest BCUT2D eigenvalue weighted by Crippen LogP contribution is -2.47. The number of carboxylic acid groups (broad SMARTS) is 1. The molecule has 0 atom stereocenters. The van der Waals surface area contributed by atoms with Gasteiger partial charge in [-0.2, -0.15) is 0 Å². The van der Waals surface area contributed by atoms with E-state index in [2.05, 4.69) is 0 Å². The molecule has 1 amide bonds. The van der Waals surface area contributed by atoms with Crippen molar-refractivity contribution in [3.63, 3.8) is 0 Å². The van der Waals surface area contributed by atoms with Crippen LogP contribution < -0.4 is 0 Å². The Balaban J connectivity index is 2.77. The molecule has 110 valence electrons. The largest absolute Gasteiger partial charge is 0.481 e. The summed E-state index contributed by atoms with van der Waals surface area (Å²) in [4.78, 5) is 24.7. The standard InChI is InChI=1S/C15H20ClNO3/c1-15(2,3)17(9-8-14(19)20)13(18)10-11-4-6-12(16)7-5-11/h4-7H,8-10H2,1-3H3,(H,19,20). The van der Waals surface area contributed by atoms with Gasteiger partial charge in [-0.1, -0.05) is 23.7 Å². The summed E-state index contributed by atoms with van der Waals surface area (Å²) in [6.45, 7) is 5.91. The quantitative estimate of drug-likeness (QED) is 0.909. The SMILES string of the molecule is CC(C)(C)N(CCC(=O)O)C(=O)Cc1ccc(Cl)cc1. The van der Waals surface area contributed by atoms with Crippen LogP contribution in [0.3, 0.4) is 0 Å². The van der Waals surface area contributed by atoms with Crippen LogP contribution in [-0.2, 0) is 16.0 Å². The van der Waals surface area contributed by atoms with Crippen molar-refractivity contribution >= 4 is 23.5 Å². The van der Waals surface area contributed by atoms with E-state index in [0.29, 0.717) is 5.02 Å². The van der Waals surface area contributed by atoms with Crippen molar-refractivity contribution in [3.8, 4) is 0 Å². The van der Waals surface area contributed by atoms with Crippen LogP contribution in [0.1, 0.15) is 32.8 Å². The number of benzene rings is 1. The van der Waals surface area contributed by atoms with Crippen molar-refractivity contribution in [2.75, 3.05) is 6.54 Å². The number of hydrogen-bond donors (Lipinski definition) is 1. The topological polar surface area (TPSA) is 57.6 Å². The molecule has 0 bridgehead atoms. The van der Waals surface area contributed by atoms with E-state index in [4.69, 9.17) is 16.7 Å². The van der Waals surface area contributed by atoms with Crippen LogP contribution in [0, 0.1) is 0 Å². The lowest BCUT2D eigenvalue weighted by atomic mass is 10.0. The fourth-order valence-electron chi connectivity index (χ4n) is 1.91. The van der Waals surface area contributed by atoms with Gasteiger partial charge in [0.25, 0.3) is 0 Å². The van der Waals surface area contributed by atoms with E-state index in [1.165, 1.54) is 0 Å².